The van der Waals surface area contributed by atoms with E-state index in [9.17, 15) is 23.1 Å². The van der Waals surface area contributed by atoms with Crippen LogP contribution in [0.2, 0.25) is 0 Å². The number of ether oxygens (including phenoxy) is 2. The van der Waals surface area contributed by atoms with E-state index in [4.69, 9.17) is 9.47 Å². The fraction of sp³-hybridized carbons (Fsp3) is 0.385. The van der Waals surface area contributed by atoms with E-state index in [0.29, 0.717) is 59.9 Å². The number of aliphatic hydroxyl groups excluding tert-OH is 1. The number of hydrogen-bond acceptors (Lipinski definition) is 7. The van der Waals surface area contributed by atoms with Crippen molar-refractivity contribution in [3.05, 3.63) is 57.9 Å². The number of nitrogens with one attached hydrogen (secondary N) is 1. The minimum atomic E-state index is -4.72. The first-order valence-corrected chi connectivity index (χ1v) is 11.9. The van der Waals surface area contributed by atoms with Crippen LogP contribution in [0.3, 0.4) is 0 Å². The second-order valence-corrected chi connectivity index (χ2v) is 9.36. The maximum Gasteiger partial charge on any atom is 0.418 e. The number of anilines is 2. The van der Waals surface area contributed by atoms with E-state index in [-0.39, 0.29) is 17.4 Å². The molecule has 11 heteroatoms. The van der Waals surface area contributed by atoms with Gasteiger partial charge >= 0.3 is 6.18 Å². The molecule has 0 amide bonds. The Morgan fingerprint density at radius 1 is 1.11 bits per heavy atom. The molecule has 0 saturated carbocycles. The molecule has 5 rings (SSSR count). The number of methoxy groups -OCH3 is 2. The Labute approximate surface area is 211 Å². The lowest BCUT2D eigenvalue weighted by molar-refractivity contribution is -0.137. The molecule has 3 aromatic rings. The van der Waals surface area contributed by atoms with Gasteiger partial charge in [-0.25, -0.2) is 0 Å². The molecule has 1 saturated heterocycles. The van der Waals surface area contributed by atoms with Crippen LogP contribution in [0.25, 0.3) is 16.9 Å². The topological polar surface area (TPSA) is 88.8 Å². The van der Waals surface area contributed by atoms with Gasteiger partial charge in [-0.05, 0) is 50.1 Å². The largest absolute Gasteiger partial charge is 0.497 e. The van der Waals surface area contributed by atoms with Gasteiger partial charge in [0, 0.05) is 42.0 Å². The van der Waals surface area contributed by atoms with E-state index in [1.165, 1.54) is 26.4 Å². The molecular weight excluding hydrogens is 489 g/mol. The van der Waals surface area contributed by atoms with Crippen molar-refractivity contribution in [2.45, 2.75) is 38.1 Å². The van der Waals surface area contributed by atoms with Crippen molar-refractivity contribution in [3.63, 3.8) is 0 Å². The van der Waals surface area contributed by atoms with Crippen LogP contribution in [0, 0.1) is 0 Å². The number of hydrogen-bond donors (Lipinski definition) is 2. The van der Waals surface area contributed by atoms with Gasteiger partial charge in [-0.1, -0.05) is 0 Å². The van der Waals surface area contributed by atoms with E-state index in [2.05, 4.69) is 10.4 Å². The Balaban J connectivity index is 1.77. The molecule has 0 radical (unpaired) electrons. The highest BCUT2D eigenvalue weighted by atomic mass is 19.4. The Morgan fingerprint density at radius 2 is 1.81 bits per heavy atom. The SMILES string of the molecule is COc1cc(OC)cc(-c2nn(-c3cc(N4CCC(O)C4)ccc3C(F)(F)F)c(=O)c3c2CC(C)N3)c1. The van der Waals surface area contributed by atoms with Crippen molar-refractivity contribution in [2.75, 3.05) is 37.5 Å². The van der Waals surface area contributed by atoms with Crippen LogP contribution in [-0.4, -0.2) is 54.3 Å². The first kappa shape index (κ1) is 24.9. The summed E-state index contributed by atoms with van der Waals surface area (Å²) in [7, 11) is 2.99. The summed E-state index contributed by atoms with van der Waals surface area (Å²) in [6, 6.07) is 8.61. The lowest BCUT2D eigenvalue weighted by Gasteiger charge is -2.22. The molecular formula is C26H27F3N4O4. The van der Waals surface area contributed by atoms with Crippen molar-refractivity contribution in [1.82, 2.24) is 9.78 Å². The van der Waals surface area contributed by atoms with Crippen molar-refractivity contribution < 1.29 is 27.8 Å². The van der Waals surface area contributed by atoms with Crippen LogP contribution < -0.4 is 25.2 Å². The zero-order valence-corrected chi connectivity index (χ0v) is 20.6. The summed E-state index contributed by atoms with van der Waals surface area (Å²) in [5.41, 5.74) is 0.193. The Kier molecular flexibility index (Phi) is 6.26. The van der Waals surface area contributed by atoms with Gasteiger partial charge in [0.2, 0.25) is 0 Å². The predicted octanol–water partition coefficient (Wildman–Crippen LogP) is 3.86. The predicted molar refractivity (Wildman–Crippen MR) is 133 cm³/mol. The first-order chi connectivity index (χ1) is 17.6. The quantitative estimate of drug-likeness (QED) is 0.533. The maximum absolute atomic E-state index is 14.1. The third kappa shape index (κ3) is 4.59. The standard InChI is InChI=1S/C26H27F3N4O4/c1-14-8-20-23(15-9-18(36-2)12-19(10-15)37-3)31-33(25(35)24(20)30-14)22-11-16(32-7-6-17(34)13-32)4-5-21(22)26(27,28)29/h4-5,9-12,14,17,30,34H,6-8,13H2,1-3H3. The summed E-state index contributed by atoms with van der Waals surface area (Å²) in [6.45, 7) is 2.68. The highest BCUT2D eigenvalue weighted by Gasteiger charge is 2.37. The zero-order valence-electron chi connectivity index (χ0n) is 20.6. The molecule has 196 valence electrons. The number of alkyl halides is 3. The minimum absolute atomic E-state index is 0.105. The average molecular weight is 517 g/mol. The van der Waals surface area contributed by atoms with Crippen molar-refractivity contribution in [1.29, 1.82) is 0 Å². The first-order valence-electron chi connectivity index (χ1n) is 11.9. The fourth-order valence-corrected chi connectivity index (χ4v) is 4.96. The Morgan fingerprint density at radius 3 is 2.41 bits per heavy atom. The molecule has 0 bridgehead atoms. The highest BCUT2D eigenvalue weighted by Crippen LogP contribution is 2.39. The monoisotopic (exact) mass is 516 g/mol. The van der Waals surface area contributed by atoms with Gasteiger partial charge < -0.3 is 24.8 Å². The smallest absolute Gasteiger partial charge is 0.418 e. The van der Waals surface area contributed by atoms with Crippen LogP contribution in [0.1, 0.15) is 24.5 Å². The van der Waals surface area contributed by atoms with Crippen LogP contribution in [0.5, 0.6) is 11.5 Å². The number of nitrogens with zero attached hydrogens (tertiary/aromatic N) is 3. The fourth-order valence-electron chi connectivity index (χ4n) is 4.96. The summed E-state index contributed by atoms with van der Waals surface area (Å²) < 4.78 is 54.0. The molecule has 3 heterocycles. The Bertz CT molecular complexity index is 1380. The van der Waals surface area contributed by atoms with Crippen LogP contribution >= 0.6 is 0 Å². The van der Waals surface area contributed by atoms with Crippen molar-refractivity contribution >= 4 is 11.4 Å². The summed E-state index contributed by atoms with van der Waals surface area (Å²) in [5.74, 6) is 0.958. The van der Waals surface area contributed by atoms with Gasteiger partial charge in [0.1, 0.15) is 17.2 Å². The number of aromatic nitrogens is 2. The number of β-amino-alcohol motifs (C(OH)–C–C–N with tert-alkyl or cyclic N) is 1. The molecule has 2 N–H and O–H groups in total. The third-order valence-corrected chi connectivity index (χ3v) is 6.76. The second kappa shape index (κ2) is 9.29. The summed E-state index contributed by atoms with van der Waals surface area (Å²) >= 11 is 0. The lowest BCUT2D eigenvalue weighted by atomic mass is 10.0. The van der Waals surface area contributed by atoms with Gasteiger partial charge in [-0.2, -0.15) is 23.0 Å². The molecule has 1 aromatic heterocycles. The molecule has 2 aliphatic rings. The maximum atomic E-state index is 14.1. The van der Waals surface area contributed by atoms with Crippen LogP contribution in [0.4, 0.5) is 24.5 Å². The second-order valence-electron chi connectivity index (χ2n) is 9.36. The van der Waals surface area contributed by atoms with Gasteiger partial charge in [0.25, 0.3) is 5.56 Å². The number of aliphatic hydroxyl groups is 1. The molecule has 1 fully saturated rings. The molecule has 2 atom stereocenters. The molecule has 0 spiro atoms. The van der Waals surface area contributed by atoms with Gasteiger partial charge in [-0.3, -0.25) is 4.79 Å². The average Bonchev–Trinajstić information content (AvgIpc) is 3.48. The molecule has 2 aromatic carbocycles. The summed E-state index contributed by atoms with van der Waals surface area (Å²) in [6.07, 6.45) is -4.30. The molecule has 37 heavy (non-hydrogen) atoms. The number of fused-ring (bicyclic) bond motifs is 1. The highest BCUT2D eigenvalue weighted by molar-refractivity contribution is 5.74. The molecule has 2 unspecified atom stereocenters. The summed E-state index contributed by atoms with van der Waals surface area (Å²) in [4.78, 5) is 15.4. The minimum Gasteiger partial charge on any atom is -0.497 e. The van der Waals surface area contributed by atoms with Gasteiger partial charge in [0.15, 0.2) is 0 Å². The van der Waals surface area contributed by atoms with Crippen molar-refractivity contribution in [3.8, 4) is 28.4 Å². The van der Waals surface area contributed by atoms with Crippen LogP contribution in [0.15, 0.2) is 41.2 Å². The molecule has 8 nitrogen and oxygen atoms in total. The number of rotatable bonds is 5. The van der Waals surface area contributed by atoms with E-state index >= 15 is 0 Å². The van der Waals surface area contributed by atoms with E-state index < -0.39 is 23.4 Å². The van der Waals surface area contributed by atoms with E-state index in [1.807, 2.05) is 6.92 Å². The summed E-state index contributed by atoms with van der Waals surface area (Å²) in [5, 5.41) is 17.6. The third-order valence-electron chi connectivity index (χ3n) is 6.76. The zero-order chi connectivity index (χ0) is 26.5. The van der Waals surface area contributed by atoms with E-state index in [1.54, 1.807) is 23.1 Å². The van der Waals surface area contributed by atoms with Crippen molar-refractivity contribution in [2.24, 2.45) is 0 Å². The van der Waals surface area contributed by atoms with E-state index in [0.717, 1.165) is 10.7 Å². The molecule has 0 aliphatic carbocycles. The number of halogens is 3. The number of benzene rings is 2. The normalized spacial score (nSPS) is 19.1. The van der Waals surface area contributed by atoms with Gasteiger partial charge in [0.05, 0.1) is 37.3 Å². The van der Waals surface area contributed by atoms with Gasteiger partial charge in [-0.15, -0.1) is 0 Å². The molecule has 2 aliphatic heterocycles. The van der Waals surface area contributed by atoms with Crippen LogP contribution in [-0.2, 0) is 12.6 Å². The Hall–Kier alpha value is -3.73. The lowest BCUT2D eigenvalue weighted by Crippen LogP contribution is -2.28.